The average molecular weight is 633 g/mol. The molecule has 4 N–H and O–H groups in total. The van der Waals surface area contributed by atoms with Gasteiger partial charge in [0.15, 0.2) is 0 Å². The number of benzene rings is 1. The van der Waals surface area contributed by atoms with E-state index in [0.29, 0.717) is 32.6 Å². The lowest BCUT2D eigenvalue weighted by molar-refractivity contribution is -0.148. The summed E-state index contributed by atoms with van der Waals surface area (Å²) in [6.07, 6.45) is 2.51. The summed E-state index contributed by atoms with van der Waals surface area (Å²) in [6.45, 7) is 12.5. The zero-order valence-corrected chi connectivity index (χ0v) is 26.9. The predicted octanol–water partition coefficient (Wildman–Crippen LogP) is 6.77. The maximum Gasteiger partial charge on any atom is 0.408 e. The number of anilines is 1. The molecule has 2 aromatic heterocycles. The lowest BCUT2D eigenvalue weighted by Crippen LogP contribution is -2.47. The highest BCUT2D eigenvalue weighted by Gasteiger charge is 2.29. The van der Waals surface area contributed by atoms with Gasteiger partial charge in [0.25, 0.3) is 5.91 Å². The molecule has 1 aromatic carbocycles. The molecular formula is C31H39Cl2N5O5. The van der Waals surface area contributed by atoms with Gasteiger partial charge in [-0.2, -0.15) is 0 Å². The van der Waals surface area contributed by atoms with Crippen LogP contribution in [0.15, 0.2) is 48.8 Å². The summed E-state index contributed by atoms with van der Waals surface area (Å²) in [5.41, 5.74) is 1.57. The van der Waals surface area contributed by atoms with E-state index in [4.69, 9.17) is 32.7 Å². The van der Waals surface area contributed by atoms with Crippen molar-refractivity contribution < 1.29 is 23.9 Å². The summed E-state index contributed by atoms with van der Waals surface area (Å²) >= 11 is 12.6. The Morgan fingerprint density at radius 3 is 2.37 bits per heavy atom. The van der Waals surface area contributed by atoms with Crippen molar-refractivity contribution in [3.05, 3.63) is 70.1 Å². The van der Waals surface area contributed by atoms with Crippen LogP contribution in [0.4, 0.5) is 10.6 Å². The molecule has 0 saturated carbocycles. The second-order valence-corrected chi connectivity index (χ2v) is 12.6. The Morgan fingerprint density at radius 1 is 1.02 bits per heavy atom. The average Bonchev–Trinajstić information content (AvgIpc) is 3.39. The first-order chi connectivity index (χ1) is 20.1. The molecule has 0 fully saturated rings. The van der Waals surface area contributed by atoms with Crippen LogP contribution in [0.25, 0.3) is 11.1 Å². The largest absolute Gasteiger partial charge is 0.462 e. The van der Waals surface area contributed by atoms with E-state index in [-0.39, 0.29) is 24.3 Å². The maximum absolute atomic E-state index is 13.4. The Labute approximate surface area is 262 Å². The third kappa shape index (κ3) is 10.2. The van der Waals surface area contributed by atoms with Gasteiger partial charge in [0.1, 0.15) is 29.8 Å². The fourth-order valence-corrected chi connectivity index (χ4v) is 4.49. The molecule has 0 spiro atoms. The van der Waals surface area contributed by atoms with Crippen molar-refractivity contribution in [3.8, 4) is 11.1 Å². The van der Waals surface area contributed by atoms with Crippen LogP contribution < -0.4 is 16.0 Å². The number of carbonyl (C=O) groups is 3. The summed E-state index contributed by atoms with van der Waals surface area (Å²) in [6, 6.07) is 8.85. The Hall–Kier alpha value is -3.76. The van der Waals surface area contributed by atoms with Crippen molar-refractivity contribution in [3.63, 3.8) is 0 Å². The molecule has 0 saturated heterocycles. The Morgan fingerprint density at radius 2 is 1.74 bits per heavy atom. The van der Waals surface area contributed by atoms with E-state index in [1.54, 1.807) is 77.3 Å². The van der Waals surface area contributed by atoms with Gasteiger partial charge < -0.3 is 30.4 Å². The number of alkyl carbamates (subject to hydrolysis) is 1. The number of ether oxygens (including phenoxy) is 2. The zero-order chi connectivity index (χ0) is 31.9. The van der Waals surface area contributed by atoms with E-state index in [1.165, 1.54) is 0 Å². The standard InChI is InChI=1S/C31H39Cl2N5O5/c1-17(2)27(38-30(41)43-31(5,6)7)29(40)42-16-25(19-9-8-10-21(32)11-19)37-28(39)24-12-20(14-34-24)22-13-26(36-18(3)4)35-15-23(22)33/h8-15,17-18,25,27,34H,16H2,1-7H3,(H,35,36)(H,37,39)(H,38,41)/t25-,27+/m1/s1. The highest BCUT2D eigenvalue weighted by atomic mass is 35.5. The van der Waals surface area contributed by atoms with E-state index in [9.17, 15) is 14.4 Å². The molecule has 0 aliphatic heterocycles. The SMILES string of the molecule is CC(C)Nc1cc(-c2c[nH]c(C(=O)N[C@H](COC(=O)[C@@H](NC(=O)OC(C)(C)C)C(C)C)c3cccc(Cl)c3)c2)c(Cl)cn1. The van der Waals surface area contributed by atoms with Gasteiger partial charge in [-0.1, -0.05) is 49.2 Å². The molecule has 10 nitrogen and oxygen atoms in total. The summed E-state index contributed by atoms with van der Waals surface area (Å²) in [5, 5.41) is 9.62. The summed E-state index contributed by atoms with van der Waals surface area (Å²) < 4.78 is 10.9. The van der Waals surface area contributed by atoms with Crippen molar-refractivity contribution >= 4 is 47.0 Å². The highest BCUT2D eigenvalue weighted by molar-refractivity contribution is 6.33. The van der Waals surface area contributed by atoms with Crippen LogP contribution in [0.5, 0.6) is 0 Å². The number of rotatable bonds is 11. The van der Waals surface area contributed by atoms with Gasteiger partial charge in [0.05, 0.1) is 11.1 Å². The number of pyridine rings is 1. The highest BCUT2D eigenvalue weighted by Crippen LogP contribution is 2.30. The number of H-pyrrole nitrogens is 1. The molecule has 0 aliphatic carbocycles. The molecule has 2 atom stereocenters. The molecule has 0 radical (unpaired) electrons. The lowest BCUT2D eigenvalue weighted by atomic mass is 10.0. The van der Waals surface area contributed by atoms with E-state index >= 15 is 0 Å². The molecule has 43 heavy (non-hydrogen) atoms. The number of aromatic amines is 1. The number of hydrogen-bond donors (Lipinski definition) is 4. The summed E-state index contributed by atoms with van der Waals surface area (Å²) in [4.78, 5) is 46.1. The first-order valence-corrected chi connectivity index (χ1v) is 14.7. The molecule has 12 heteroatoms. The molecule has 2 heterocycles. The van der Waals surface area contributed by atoms with Crippen LogP contribution >= 0.6 is 23.2 Å². The normalized spacial score (nSPS) is 12.9. The van der Waals surface area contributed by atoms with Crippen LogP contribution in [0.1, 0.15) is 70.6 Å². The van der Waals surface area contributed by atoms with Crippen molar-refractivity contribution in [1.29, 1.82) is 0 Å². The van der Waals surface area contributed by atoms with E-state index in [2.05, 4.69) is 25.9 Å². The number of hydrogen-bond acceptors (Lipinski definition) is 7. The number of carbonyl (C=O) groups excluding carboxylic acids is 3. The monoisotopic (exact) mass is 631 g/mol. The van der Waals surface area contributed by atoms with Gasteiger partial charge in [0, 0.05) is 34.6 Å². The van der Waals surface area contributed by atoms with E-state index in [0.717, 1.165) is 0 Å². The minimum atomic E-state index is -0.961. The van der Waals surface area contributed by atoms with Crippen molar-refractivity contribution in [2.75, 3.05) is 11.9 Å². The fourth-order valence-electron chi connectivity index (χ4n) is 4.08. The third-order valence-electron chi connectivity index (χ3n) is 6.07. The van der Waals surface area contributed by atoms with Gasteiger partial charge in [-0.25, -0.2) is 14.6 Å². The van der Waals surface area contributed by atoms with Crippen LogP contribution in [-0.4, -0.2) is 52.2 Å². The molecule has 232 valence electrons. The molecule has 3 aromatic rings. The maximum atomic E-state index is 13.4. The Kier molecular flexibility index (Phi) is 11.5. The Balaban J connectivity index is 1.78. The van der Waals surface area contributed by atoms with Crippen LogP contribution in [0.3, 0.4) is 0 Å². The molecule has 0 unspecified atom stereocenters. The number of amides is 2. The third-order valence-corrected chi connectivity index (χ3v) is 6.61. The molecule has 2 amide bonds. The van der Waals surface area contributed by atoms with Crippen LogP contribution in [-0.2, 0) is 14.3 Å². The first kappa shape index (κ1) is 33.7. The van der Waals surface area contributed by atoms with Crippen LogP contribution in [0.2, 0.25) is 10.0 Å². The molecule has 0 bridgehead atoms. The number of esters is 1. The smallest absolute Gasteiger partial charge is 0.408 e. The van der Waals surface area contributed by atoms with Gasteiger partial charge in [-0.15, -0.1) is 0 Å². The van der Waals surface area contributed by atoms with Gasteiger partial charge in [-0.3, -0.25) is 4.79 Å². The van der Waals surface area contributed by atoms with Crippen molar-refractivity contribution in [2.45, 2.75) is 72.2 Å². The summed E-state index contributed by atoms with van der Waals surface area (Å²) in [7, 11) is 0. The fraction of sp³-hybridized carbons (Fsp3) is 0.419. The van der Waals surface area contributed by atoms with E-state index < -0.39 is 35.7 Å². The molecule has 0 aliphatic rings. The minimum absolute atomic E-state index is 0.176. The molecular weight excluding hydrogens is 593 g/mol. The lowest BCUT2D eigenvalue weighted by Gasteiger charge is -2.26. The van der Waals surface area contributed by atoms with E-state index in [1.807, 2.05) is 19.9 Å². The van der Waals surface area contributed by atoms with Gasteiger partial charge >= 0.3 is 12.1 Å². The Bertz CT molecular complexity index is 1430. The van der Waals surface area contributed by atoms with Gasteiger partial charge in [0.2, 0.25) is 0 Å². The van der Waals surface area contributed by atoms with Gasteiger partial charge in [-0.05, 0) is 70.4 Å². The zero-order valence-electron chi connectivity index (χ0n) is 25.4. The molecule has 3 rings (SSSR count). The number of nitrogens with zero attached hydrogens (tertiary/aromatic N) is 1. The number of halogens is 2. The quantitative estimate of drug-likeness (QED) is 0.172. The van der Waals surface area contributed by atoms with Crippen LogP contribution in [0, 0.1) is 5.92 Å². The summed E-state index contributed by atoms with van der Waals surface area (Å²) in [5.74, 6) is -0.731. The number of nitrogens with one attached hydrogen (secondary N) is 4. The predicted molar refractivity (Wildman–Crippen MR) is 168 cm³/mol. The van der Waals surface area contributed by atoms with Crippen molar-refractivity contribution in [1.82, 2.24) is 20.6 Å². The minimum Gasteiger partial charge on any atom is -0.462 e. The second-order valence-electron chi connectivity index (χ2n) is 11.7. The van der Waals surface area contributed by atoms with Crippen molar-refractivity contribution in [2.24, 2.45) is 5.92 Å². The second kappa shape index (κ2) is 14.6. The first-order valence-electron chi connectivity index (χ1n) is 14.0. The topological polar surface area (TPSA) is 134 Å². The number of aromatic nitrogens is 2.